The van der Waals surface area contributed by atoms with Crippen LogP contribution in [0.1, 0.15) is 18.7 Å². The molecule has 0 radical (unpaired) electrons. The molecule has 0 unspecified atom stereocenters. The lowest BCUT2D eigenvalue weighted by molar-refractivity contribution is 0.415. The Kier molecular flexibility index (Phi) is 5.01. The maximum absolute atomic E-state index is 5.30. The third kappa shape index (κ3) is 3.59. The standard InChI is InChI=1S/C24H24N4OS/c1-16-25-23(27-18-7-9-19(10-8-18)28-13-3-4-14-28)22-21(15-30-24(22)26-16)17-5-11-20(29-2)12-6-17/h5-12,15H,3-4,13-14H2,1-2H3,(H,25,26,27). The Hall–Kier alpha value is -3.12. The summed E-state index contributed by atoms with van der Waals surface area (Å²) in [6, 6.07) is 16.8. The van der Waals surface area contributed by atoms with Crippen LogP contribution in [0.25, 0.3) is 21.3 Å². The van der Waals surface area contributed by atoms with Crippen molar-refractivity contribution in [1.29, 1.82) is 0 Å². The van der Waals surface area contributed by atoms with Gasteiger partial charge in [-0.15, -0.1) is 11.3 Å². The molecule has 2 aromatic heterocycles. The highest BCUT2D eigenvalue weighted by molar-refractivity contribution is 7.17. The number of nitrogens with zero attached hydrogens (tertiary/aromatic N) is 3. The first kappa shape index (κ1) is 18.9. The van der Waals surface area contributed by atoms with Crippen LogP contribution >= 0.6 is 11.3 Å². The molecule has 1 aliphatic heterocycles. The molecule has 4 aromatic rings. The molecule has 0 spiro atoms. The minimum absolute atomic E-state index is 0.766. The maximum atomic E-state index is 5.30. The Morgan fingerprint density at radius 2 is 1.70 bits per heavy atom. The summed E-state index contributed by atoms with van der Waals surface area (Å²) in [5, 5.41) is 6.75. The van der Waals surface area contributed by atoms with Gasteiger partial charge in [-0.2, -0.15) is 0 Å². The first-order valence-corrected chi connectivity index (χ1v) is 11.1. The largest absolute Gasteiger partial charge is 0.497 e. The van der Waals surface area contributed by atoms with E-state index in [1.54, 1.807) is 18.4 Å². The number of aryl methyl sites for hydroxylation is 1. The van der Waals surface area contributed by atoms with Crippen LogP contribution < -0.4 is 15.0 Å². The summed E-state index contributed by atoms with van der Waals surface area (Å²) in [6.45, 7) is 4.24. The summed E-state index contributed by atoms with van der Waals surface area (Å²) in [5.41, 5.74) is 4.58. The molecule has 0 saturated carbocycles. The molecule has 1 N–H and O–H groups in total. The molecule has 152 valence electrons. The molecule has 2 aromatic carbocycles. The second-order valence-corrected chi connectivity index (χ2v) is 8.40. The molecule has 0 aliphatic carbocycles. The lowest BCUT2D eigenvalue weighted by Gasteiger charge is -2.18. The highest BCUT2D eigenvalue weighted by Crippen LogP contribution is 2.38. The highest BCUT2D eigenvalue weighted by Gasteiger charge is 2.16. The van der Waals surface area contributed by atoms with E-state index in [9.17, 15) is 0 Å². The molecule has 0 bridgehead atoms. The Labute approximate surface area is 180 Å². The van der Waals surface area contributed by atoms with Gasteiger partial charge in [-0.05, 0) is 61.7 Å². The fourth-order valence-electron chi connectivity index (χ4n) is 3.99. The van der Waals surface area contributed by atoms with Gasteiger partial charge < -0.3 is 15.0 Å². The molecule has 0 atom stereocenters. The van der Waals surface area contributed by atoms with Crippen molar-refractivity contribution in [3.05, 3.63) is 59.7 Å². The van der Waals surface area contributed by atoms with Crippen molar-refractivity contribution in [2.24, 2.45) is 0 Å². The van der Waals surface area contributed by atoms with Crippen molar-refractivity contribution < 1.29 is 4.74 Å². The molecule has 1 fully saturated rings. The Balaban J connectivity index is 1.50. The average molecular weight is 417 g/mol. The molecule has 0 amide bonds. The number of methoxy groups -OCH3 is 1. The molecule has 1 aliphatic rings. The van der Waals surface area contributed by atoms with Crippen molar-refractivity contribution in [3.63, 3.8) is 0 Å². The number of benzene rings is 2. The van der Waals surface area contributed by atoms with E-state index in [1.807, 2.05) is 19.1 Å². The average Bonchev–Trinajstić information content (AvgIpc) is 3.45. The summed E-state index contributed by atoms with van der Waals surface area (Å²) in [7, 11) is 1.68. The minimum atomic E-state index is 0.766. The van der Waals surface area contributed by atoms with Crippen LogP contribution in [0.4, 0.5) is 17.2 Å². The van der Waals surface area contributed by atoms with Gasteiger partial charge in [-0.3, -0.25) is 0 Å². The van der Waals surface area contributed by atoms with Crippen molar-refractivity contribution >= 4 is 38.7 Å². The van der Waals surface area contributed by atoms with Crippen LogP contribution in [-0.4, -0.2) is 30.2 Å². The fraction of sp³-hybridized carbons (Fsp3) is 0.250. The fourth-order valence-corrected chi connectivity index (χ4v) is 4.98. The van der Waals surface area contributed by atoms with Crippen LogP contribution in [0.5, 0.6) is 5.75 Å². The number of nitrogens with one attached hydrogen (secondary N) is 1. The summed E-state index contributed by atoms with van der Waals surface area (Å²) in [5.74, 6) is 2.46. The third-order valence-electron chi connectivity index (χ3n) is 5.55. The second-order valence-electron chi connectivity index (χ2n) is 7.54. The van der Waals surface area contributed by atoms with E-state index in [-0.39, 0.29) is 0 Å². The first-order chi connectivity index (χ1) is 14.7. The SMILES string of the molecule is COc1ccc(-c2csc3nc(C)nc(Nc4ccc(N5CCCC5)cc4)c23)cc1. The number of hydrogen-bond donors (Lipinski definition) is 1. The summed E-state index contributed by atoms with van der Waals surface area (Å²) in [4.78, 5) is 12.8. The van der Waals surface area contributed by atoms with Gasteiger partial charge in [0.25, 0.3) is 0 Å². The predicted octanol–water partition coefficient (Wildman–Crippen LogP) is 6.02. The van der Waals surface area contributed by atoms with Crippen LogP contribution in [-0.2, 0) is 0 Å². The van der Waals surface area contributed by atoms with Gasteiger partial charge in [-0.1, -0.05) is 12.1 Å². The summed E-state index contributed by atoms with van der Waals surface area (Å²) < 4.78 is 5.30. The van der Waals surface area contributed by atoms with Crippen molar-refractivity contribution in [2.45, 2.75) is 19.8 Å². The molecular weight excluding hydrogens is 392 g/mol. The van der Waals surface area contributed by atoms with Gasteiger partial charge in [0.1, 0.15) is 22.2 Å². The molecule has 3 heterocycles. The van der Waals surface area contributed by atoms with Crippen LogP contribution in [0, 0.1) is 6.92 Å². The van der Waals surface area contributed by atoms with E-state index >= 15 is 0 Å². The predicted molar refractivity (Wildman–Crippen MR) is 125 cm³/mol. The zero-order chi connectivity index (χ0) is 20.5. The van der Waals surface area contributed by atoms with Crippen LogP contribution in [0.3, 0.4) is 0 Å². The quantitative estimate of drug-likeness (QED) is 0.431. The maximum Gasteiger partial charge on any atom is 0.143 e. The minimum Gasteiger partial charge on any atom is -0.497 e. The summed E-state index contributed by atoms with van der Waals surface area (Å²) in [6.07, 6.45) is 2.56. The molecule has 30 heavy (non-hydrogen) atoms. The van der Waals surface area contributed by atoms with Crippen molar-refractivity contribution in [1.82, 2.24) is 9.97 Å². The lowest BCUT2D eigenvalue weighted by Crippen LogP contribution is -2.17. The van der Waals surface area contributed by atoms with Crippen molar-refractivity contribution in [2.75, 3.05) is 30.4 Å². The monoisotopic (exact) mass is 416 g/mol. The van der Waals surface area contributed by atoms with E-state index in [0.717, 1.165) is 57.5 Å². The van der Waals surface area contributed by atoms with Gasteiger partial charge in [0.2, 0.25) is 0 Å². The van der Waals surface area contributed by atoms with Gasteiger partial charge in [-0.25, -0.2) is 9.97 Å². The van der Waals surface area contributed by atoms with Crippen LogP contribution in [0.2, 0.25) is 0 Å². The number of fused-ring (bicyclic) bond motifs is 1. The van der Waals surface area contributed by atoms with E-state index in [4.69, 9.17) is 9.72 Å². The zero-order valence-corrected chi connectivity index (χ0v) is 18.0. The Bertz CT molecular complexity index is 1160. The number of hydrogen-bond acceptors (Lipinski definition) is 6. The van der Waals surface area contributed by atoms with Crippen molar-refractivity contribution in [3.8, 4) is 16.9 Å². The van der Waals surface area contributed by atoms with E-state index in [0.29, 0.717) is 0 Å². The van der Waals surface area contributed by atoms with Gasteiger partial charge in [0, 0.05) is 35.4 Å². The summed E-state index contributed by atoms with van der Waals surface area (Å²) >= 11 is 1.65. The molecular formula is C24H24N4OS. The lowest BCUT2D eigenvalue weighted by atomic mass is 10.1. The van der Waals surface area contributed by atoms with E-state index in [2.05, 4.69) is 57.0 Å². The van der Waals surface area contributed by atoms with Gasteiger partial charge in [0.15, 0.2) is 0 Å². The van der Waals surface area contributed by atoms with Crippen LogP contribution in [0.15, 0.2) is 53.9 Å². The molecule has 5 rings (SSSR count). The number of anilines is 3. The smallest absolute Gasteiger partial charge is 0.143 e. The number of aromatic nitrogens is 2. The zero-order valence-electron chi connectivity index (χ0n) is 17.2. The second kappa shape index (κ2) is 7.95. The molecule has 5 nitrogen and oxygen atoms in total. The van der Waals surface area contributed by atoms with Gasteiger partial charge >= 0.3 is 0 Å². The highest BCUT2D eigenvalue weighted by atomic mass is 32.1. The Morgan fingerprint density at radius 1 is 0.967 bits per heavy atom. The number of ether oxygens (including phenoxy) is 1. The van der Waals surface area contributed by atoms with Gasteiger partial charge in [0.05, 0.1) is 12.5 Å². The number of thiophene rings is 1. The van der Waals surface area contributed by atoms with E-state index < -0.39 is 0 Å². The normalized spacial score (nSPS) is 13.7. The molecule has 6 heteroatoms. The van der Waals surface area contributed by atoms with E-state index in [1.165, 1.54) is 18.5 Å². The third-order valence-corrected chi connectivity index (χ3v) is 6.42. The first-order valence-electron chi connectivity index (χ1n) is 10.2. The molecule has 1 saturated heterocycles. The topological polar surface area (TPSA) is 50.3 Å². The Morgan fingerprint density at radius 3 is 2.40 bits per heavy atom. The number of rotatable bonds is 5.